The predicted octanol–water partition coefficient (Wildman–Crippen LogP) is 3.37. The highest BCUT2D eigenvalue weighted by Crippen LogP contribution is 2.26. The van der Waals surface area contributed by atoms with E-state index in [0.29, 0.717) is 0 Å². The average molecular weight is 217 g/mol. The first-order valence-corrected chi connectivity index (χ1v) is 6.37. The second kappa shape index (κ2) is 4.58. The van der Waals surface area contributed by atoms with Gasteiger partial charge in [0.2, 0.25) is 0 Å². The Balaban J connectivity index is 2.07. The minimum atomic E-state index is 0.276. The van der Waals surface area contributed by atoms with Crippen LogP contribution in [0.1, 0.15) is 37.8 Å². The van der Waals surface area contributed by atoms with E-state index in [-0.39, 0.29) is 5.41 Å². The molecule has 1 fully saturated rings. The van der Waals surface area contributed by atoms with Crippen molar-refractivity contribution in [1.29, 1.82) is 0 Å². The largest absolute Gasteiger partial charge is 0.302 e. The van der Waals surface area contributed by atoms with Crippen LogP contribution in [0.15, 0.2) is 24.3 Å². The fourth-order valence-electron chi connectivity index (χ4n) is 2.60. The van der Waals surface area contributed by atoms with Crippen molar-refractivity contribution in [3.8, 4) is 0 Å². The molecular weight excluding hydrogens is 194 g/mol. The maximum atomic E-state index is 2.60. The van der Waals surface area contributed by atoms with Gasteiger partial charge in [-0.2, -0.15) is 0 Å². The number of hydrogen-bond donors (Lipinski definition) is 0. The molecule has 0 saturated carbocycles. The van der Waals surface area contributed by atoms with Crippen LogP contribution in [-0.4, -0.2) is 24.5 Å². The van der Waals surface area contributed by atoms with Crippen molar-refractivity contribution in [1.82, 2.24) is 4.90 Å². The molecule has 0 aromatic heterocycles. The van der Waals surface area contributed by atoms with Gasteiger partial charge in [-0.15, -0.1) is 0 Å². The summed E-state index contributed by atoms with van der Waals surface area (Å²) in [5.74, 6) is 0. The SMILES string of the molecule is Cc1ccc(C(C)(C)CN2CCCC2)cc1. The van der Waals surface area contributed by atoms with Gasteiger partial charge in [0, 0.05) is 12.0 Å². The zero-order valence-electron chi connectivity index (χ0n) is 10.8. The summed E-state index contributed by atoms with van der Waals surface area (Å²) in [6.45, 7) is 10.6. The first kappa shape index (κ1) is 11.7. The third-order valence-electron chi connectivity index (χ3n) is 3.65. The lowest BCUT2D eigenvalue weighted by Gasteiger charge is -2.30. The summed E-state index contributed by atoms with van der Waals surface area (Å²) in [5.41, 5.74) is 3.09. The number of likely N-dealkylation sites (tertiary alicyclic amines) is 1. The summed E-state index contributed by atoms with van der Waals surface area (Å²) >= 11 is 0. The Labute approximate surface area is 99.5 Å². The Morgan fingerprint density at radius 1 is 1.06 bits per heavy atom. The van der Waals surface area contributed by atoms with E-state index in [1.54, 1.807) is 0 Å². The molecule has 88 valence electrons. The molecule has 1 nitrogen and oxygen atoms in total. The molecule has 0 N–H and O–H groups in total. The van der Waals surface area contributed by atoms with E-state index in [2.05, 4.69) is 49.9 Å². The van der Waals surface area contributed by atoms with Gasteiger partial charge in [0.1, 0.15) is 0 Å². The van der Waals surface area contributed by atoms with Gasteiger partial charge in [0.15, 0.2) is 0 Å². The van der Waals surface area contributed by atoms with Crippen LogP contribution in [-0.2, 0) is 5.41 Å². The quantitative estimate of drug-likeness (QED) is 0.750. The number of aryl methyl sites for hydroxylation is 1. The minimum absolute atomic E-state index is 0.276. The van der Waals surface area contributed by atoms with Crippen LogP contribution in [0, 0.1) is 6.92 Å². The highest BCUT2D eigenvalue weighted by molar-refractivity contribution is 5.27. The second-order valence-electron chi connectivity index (χ2n) is 5.73. The zero-order chi connectivity index (χ0) is 11.6. The van der Waals surface area contributed by atoms with Gasteiger partial charge in [0.25, 0.3) is 0 Å². The Hall–Kier alpha value is -0.820. The Morgan fingerprint density at radius 2 is 1.62 bits per heavy atom. The first-order valence-electron chi connectivity index (χ1n) is 6.37. The summed E-state index contributed by atoms with van der Waals surface area (Å²) in [6, 6.07) is 9.01. The molecule has 16 heavy (non-hydrogen) atoms. The molecule has 1 saturated heterocycles. The average Bonchev–Trinajstić information content (AvgIpc) is 2.70. The molecule has 0 bridgehead atoms. The van der Waals surface area contributed by atoms with E-state index in [0.717, 1.165) is 0 Å². The molecule has 0 atom stereocenters. The Morgan fingerprint density at radius 3 is 2.19 bits per heavy atom. The van der Waals surface area contributed by atoms with E-state index in [1.165, 1.54) is 43.6 Å². The summed E-state index contributed by atoms with van der Waals surface area (Å²) in [4.78, 5) is 2.60. The number of rotatable bonds is 3. The van der Waals surface area contributed by atoms with Crippen LogP contribution in [0.4, 0.5) is 0 Å². The molecule has 1 aromatic carbocycles. The van der Waals surface area contributed by atoms with E-state index >= 15 is 0 Å². The maximum absolute atomic E-state index is 2.60. The second-order valence-corrected chi connectivity index (χ2v) is 5.73. The standard InChI is InChI=1S/C15H23N/c1-13-6-8-14(9-7-13)15(2,3)12-16-10-4-5-11-16/h6-9H,4-5,10-12H2,1-3H3. The van der Waals surface area contributed by atoms with E-state index < -0.39 is 0 Å². The fourth-order valence-corrected chi connectivity index (χ4v) is 2.60. The number of hydrogen-bond acceptors (Lipinski definition) is 1. The molecule has 0 amide bonds. The van der Waals surface area contributed by atoms with Crippen LogP contribution in [0.2, 0.25) is 0 Å². The molecule has 0 spiro atoms. The first-order chi connectivity index (χ1) is 7.58. The van der Waals surface area contributed by atoms with Crippen LogP contribution < -0.4 is 0 Å². The van der Waals surface area contributed by atoms with E-state index in [4.69, 9.17) is 0 Å². The van der Waals surface area contributed by atoms with Gasteiger partial charge in [-0.3, -0.25) is 0 Å². The molecule has 2 rings (SSSR count). The molecule has 1 heterocycles. The predicted molar refractivity (Wildman–Crippen MR) is 69.9 cm³/mol. The highest BCUT2D eigenvalue weighted by Gasteiger charge is 2.25. The topological polar surface area (TPSA) is 3.24 Å². The summed E-state index contributed by atoms with van der Waals surface area (Å²) in [5, 5.41) is 0. The van der Waals surface area contributed by atoms with Gasteiger partial charge in [0.05, 0.1) is 0 Å². The minimum Gasteiger partial charge on any atom is -0.302 e. The van der Waals surface area contributed by atoms with Crippen molar-refractivity contribution in [3.05, 3.63) is 35.4 Å². The normalized spacial score (nSPS) is 17.9. The summed E-state index contributed by atoms with van der Waals surface area (Å²) in [7, 11) is 0. The lowest BCUT2D eigenvalue weighted by atomic mass is 9.84. The molecule has 0 unspecified atom stereocenters. The van der Waals surface area contributed by atoms with Gasteiger partial charge in [-0.1, -0.05) is 43.7 Å². The Bertz CT molecular complexity index is 331. The smallest absolute Gasteiger partial charge is 0.00733 e. The van der Waals surface area contributed by atoms with Crippen LogP contribution in [0.25, 0.3) is 0 Å². The maximum Gasteiger partial charge on any atom is 0.00733 e. The summed E-state index contributed by atoms with van der Waals surface area (Å²) in [6.07, 6.45) is 2.76. The van der Waals surface area contributed by atoms with Gasteiger partial charge in [-0.05, 0) is 38.4 Å². The van der Waals surface area contributed by atoms with Crippen LogP contribution in [0.5, 0.6) is 0 Å². The number of benzene rings is 1. The summed E-state index contributed by atoms with van der Waals surface area (Å²) < 4.78 is 0. The molecule has 1 aliphatic rings. The van der Waals surface area contributed by atoms with Crippen molar-refractivity contribution in [2.75, 3.05) is 19.6 Å². The molecule has 1 heteroatoms. The van der Waals surface area contributed by atoms with E-state index in [1.807, 2.05) is 0 Å². The van der Waals surface area contributed by atoms with Gasteiger partial charge >= 0.3 is 0 Å². The van der Waals surface area contributed by atoms with Crippen molar-refractivity contribution in [2.45, 2.75) is 39.0 Å². The monoisotopic (exact) mass is 217 g/mol. The Kier molecular flexibility index (Phi) is 3.34. The van der Waals surface area contributed by atoms with E-state index in [9.17, 15) is 0 Å². The molecule has 1 aliphatic heterocycles. The van der Waals surface area contributed by atoms with Gasteiger partial charge in [-0.25, -0.2) is 0 Å². The molecule has 1 aromatic rings. The van der Waals surface area contributed by atoms with Crippen LogP contribution >= 0.6 is 0 Å². The van der Waals surface area contributed by atoms with Crippen molar-refractivity contribution in [3.63, 3.8) is 0 Å². The fraction of sp³-hybridized carbons (Fsp3) is 0.600. The zero-order valence-corrected chi connectivity index (χ0v) is 10.8. The van der Waals surface area contributed by atoms with Gasteiger partial charge < -0.3 is 4.90 Å². The lowest BCUT2D eigenvalue weighted by Crippen LogP contribution is -2.35. The lowest BCUT2D eigenvalue weighted by molar-refractivity contribution is 0.269. The number of nitrogens with zero attached hydrogens (tertiary/aromatic N) is 1. The van der Waals surface area contributed by atoms with Crippen molar-refractivity contribution in [2.24, 2.45) is 0 Å². The van der Waals surface area contributed by atoms with Crippen LogP contribution in [0.3, 0.4) is 0 Å². The third-order valence-corrected chi connectivity index (χ3v) is 3.65. The van der Waals surface area contributed by atoms with Crippen molar-refractivity contribution >= 4 is 0 Å². The highest BCUT2D eigenvalue weighted by atomic mass is 15.1. The molecular formula is C15H23N. The van der Waals surface area contributed by atoms with Crippen molar-refractivity contribution < 1.29 is 0 Å². The molecule has 0 aliphatic carbocycles. The molecule has 0 radical (unpaired) electrons. The third kappa shape index (κ3) is 2.65.